The summed E-state index contributed by atoms with van der Waals surface area (Å²) in [5, 5.41) is 7.35. The van der Waals surface area contributed by atoms with E-state index < -0.39 is 5.82 Å². The zero-order valence-electron chi connectivity index (χ0n) is 14.6. The Morgan fingerprint density at radius 3 is 2.77 bits per heavy atom. The molecule has 0 aliphatic carbocycles. The van der Waals surface area contributed by atoms with E-state index in [4.69, 9.17) is 11.6 Å². The highest BCUT2D eigenvalue weighted by atomic mass is 35.5. The van der Waals surface area contributed by atoms with Crippen molar-refractivity contribution in [2.24, 2.45) is 0 Å². The molecule has 6 nitrogen and oxygen atoms in total. The van der Waals surface area contributed by atoms with E-state index in [1.165, 1.54) is 29.8 Å². The number of nitrogens with zero attached hydrogens (tertiary/aromatic N) is 4. The highest BCUT2D eigenvalue weighted by molar-refractivity contribution is 7.22. The third-order valence-electron chi connectivity index (χ3n) is 3.97. The van der Waals surface area contributed by atoms with Crippen LogP contribution in [-0.4, -0.2) is 46.0 Å². The molecule has 0 aliphatic rings. The Labute approximate surface area is 160 Å². The van der Waals surface area contributed by atoms with Gasteiger partial charge in [0.1, 0.15) is 16.8 Å². The molecule has 0 fully saturated rings. The maximum absolute atomic E-state index is 13.3. The van der Waals surface area contributed by atoms with E-state index in [9.17, 15) is 4.39 Å². The van der Waals surface area contributed by atoms with Crippen LogP contribution in [0, 0.1) is 5.82 Å². The van der Waals surface area contributed by atoms with Gasteiger partial charge in [0.25, 0.3) is 0 Å². The van der Waals surface area contributed by atoms with Crippen LogP contribution in [0.15, 0.2) is 24.5 Å². The van der Waals surface area contributed by atoms with Gasteiger partial charge >= 0.3 is 0 Å². The summed E-state index contributed by atoms with van der Waals surface area (Å²) in [6.07, 6.45) is 1.45. The van der Waals surface area contributed by atoms with Crippen LogP contribution in [0.4, 0.5) is 21.0 Å². The van der Waals surface area contributed by atoms with Gasteiger partial charge in [-0.05, 0) is 31.3 Å². The number of hydrogen-bond donors (Lipinski definition) is 2. The highest BCUT2D eigenvalue weighted by Crippen LogP contribution is 2.31. The van der Waals surface area contributed by atoms with Crippen molar-refractivity contribution >= 4 is 49.9 Å². The highest BCUT2D eigenvalue weighted by Gasteiger charge is 2.11. The lowest BCUT2D eigenvalue weighted by Crippen LogP contribution is -2.28. The molecule has 0 unspecified atom stereocenters. The van der Waals surface area contributed by atoms with Crippen LogP contribution in [0.5, 0.6) is 0 Å². The van der Waals surface area contributed by atoms with Crippen LogP contribution in [0.2, 0.25) is 5.02 Å². The van der Waals surface area contributed by atoms with Crippen molar-refractivity contribution in [1.29, 1.82) is 0 Å². The smallest absolute Gasteiger partial charge is 0.185 e. The number of likely N-dealkylation sites (N-methyl/N-ethyl adjacent to an activating group) is 1. The Morgan fingerprint density at radius 2 is 2.04 bits per heavy atom. The summed E-state index contributed by atoms with van der Waals surface area (Å²) in [5.41, 5.74) is 1.27. The molecular weight excluding hydrogens is 375 g/mol. The van der Waals surface area contributed by atoms with Crippen LogP contribution < -0.4 is 10.6 Å². The predicted octanol–water partition coefficient (Wildman–Crippen LogP) is 4.38. The van der Waals surface area contributed by atoms with Gasteiger partial charge in [0, 0.05) is 18.8 Å². The summed E-state index contributed by atoms with van der Waals surface area (Å²) in [4.78, 5) is 15.3. The maximum atomic E-state index is 13.3. The SMILES string of the molecule is CCN(CC)CCNc1nc2ncnc(Nc3ccc(F)c(Cl)c3)c2s1. The monoisotopic (exact) mass is 394 g/mol. The number of nitrogens with one attached hydrogen (secondary N) is 2. The zero-order valence-corrected chi connectivity index (χ0v) is 16.2. The second-order valence-corrected chi connectivity index (χ2v) is 7.01. The minimum Gasteiger partial charge on any atom is -0.360 e. The second-order valence-electron chi connectivity index (χ2n) is 5.60. The minimum atomic E-state index is -0.456. The largest absolute Gasteiger partial charge is 0.360 e. The molecule has 1 aromatic carbocycles. The molecule has 0 saturated carbocycles. The van der Waals surface area contributed by atoms with Crippen LogP contribution in [0.1, 0.15) is 13.8 Å². The molecule has 0 radical (unpaired) electrons. The van der Waals surface area contributed by atoms with Gasteiger partial charge in [-0.3, -0.25) is 0 Å². The van der Waals surface area contributed by atoms with Crippen LogP contribution in [-0.2, 0) is 0 Å². The van der Waals surface area contributed by atoms with Crippen molar-refractivity contribution < 1.29 is 4.39 Å². The Balaban J connectivity index is 1.75. The van der Waals surface area contributed by atoms with Gasteiger partial charge < -0.3 is 15.5 Å². The van der Waals surface area contributed by atoms with Gasteiger partial charge in [-0.15, -0.1) is 0 Å². The van der Waals surface area contributed by atoms with Crippen molar-refractivity contribution in [3.8, 4) is 0 Å². The molecule has 3 rings (SSSR count). The number of rotatable bonds is 8. The number of aromatic nitrogens is 3. The molecule has 0 bridgehead atoms. The van der Waals surface area contributed by atoms with E-state index in [-0.39, 0.29) is 5.02 Å². The molecular formula is C17H20ClFN6S. The number of halogens is 2. The van der Waals surface area contributed by atoms with Crippen molar-refractivity contribution in [3.05, 3.63) is 35.4 Å². The normalized spacial score (nSPS) is 11.3. The number of benzene rings is 1. The number of fused-ring (bicyclic) bond motifs is 1. The summed E-state index contributed by atoms with van der Waals surface area (Å²) >= 11 is 7.32. The fourth-order valence-electron chi connectivity index (χ4n) is 2.49. The number of thiazole rings is 1. The van der Waals surface area contributed by atoms with Crippen molar-refractivity contribution in [2.45, 2.75) is 13.8 Å². The first kappa shape index (κ1) is 18.8. The molecule has 138 valence electrons. The molecule has 0 saturated heterocycles. The fraction of sp³-hybridized carbons (Fsp3) is 0.353. The van der Waals surface area contributed by atoms with Crippen LogP contribution >= 0.6 is 22.9 Å². The quantitative estimate of drug-likeness (QED) is 0.591. The van der Waals surface area contributed by atoms with Gasteiger partial charge in [0.2, 0.25) is 0 Å². The molecule has 2 aromatic heterocycles. The van der Waals surface area contributed by atoms with Crippen molar-refractivity contribution in [3.63, 3.8) is 0 Å². The molecule has 3 aromatic rings. The summed E-state index contributed by atoms with van der Waals surface area (Å²) in [6.45, 7) is 8.11. The number of anilines is 3. The fourth-order valence-corrected chi connectivity index (χ4v) is 3.56. The van der Waals surface area contributed by atoms with E-state index >= 15 is 0 Å². The molecule has 0 atom stereocenters. The predicted molar refractivity (Wildman–Crippen MR) is 106 cm³/mol. The summed E-state index contributed by atoms with van der Waals surface area (Å²) in [6, 6.07) is 4.45. The van der Waals surface area contributed by atoms with E-state index in [1.807, 2.05) is 0 Å². The van der Waals surface area contributed by atoms with Gasteiger partial charge in [-0.2, -0.15) is 4.98 Å². The Morgan fingerprint density at radius 1 is 1.23 bits per heavy atom. The van der Waals surface area contributed by atoms with Crippen molar-refractivity contribution in [1.82, 2.24) is 19.9 Å². The Hall–Kier alpha value is -2.03. The second kappa shape index (κ2) is 8.57. The first-order valence-corrected chi connectivity index (χ1v) is 9.60. The lowest BCUT2D eigenvalue weighted by molar-refractivity contribution is 0.316. The third kappa shape index (κ3) is 4.38. The van der Waals surface area contributed by atoms with Gasteiger partial charge in [-0.25, -0.2) is 14.4 Å². The summed E-state index contributed by atoms with van der Waals surface area (Å²) in [7, 11) is 0. The molecule has 26 heavy (non-hydrogen) atoms. The molecule has 0 amide bonds. The standard InChI is InChI=1S/C17H20ClFN6S/c1-3-25(4-2)8-7-20-17-24-16-14(26-17)15(21-10-22-16)23-11-5-6-13(19)12(18)9-11/h5-6,9-10H,3-4,7-8H2,1-2H3,(H2,20,21,22,23,24). The molecule has 0 aliphatic heterocycles. The molecule has 2 heterocycles. The van der Waals surface area contributed by atoms with Gasteiger partial charge in [-0.1, -0.05) is 36.8 Å². The minimum absolute atomic E-state index is 0.0587. The average Bonchev–Trinajstić information content (AvgIpc) is 3.06. The van der Waals surface area contributed by atoms with Crippen LogP contribution in [0.25, 0.3) is 10.3 Å². The Bertz CT molecular complexity index is 883. The maximum Gasteiger partial charge on any atom is 0.185 e. The first-order valence-electron chi connectivity index (χ1n) is 8.40. The van der Waals surface area contributed by atoms with E-state index in [2.05, 4.69) is 44.3 Å². The summed E-state index contributed by atoms with van der Waals surface area (Å²) in [5.74, 6) is 0.162. The topological polar surface area (TPSA) is 66.0 Å². The van der Waals surface area contributed by atoms with Crippen molar-refractivity contribution in [2.75, 3.05) is 36.8 Å². The van der Waals surface area contributed by atoms with Crippen LogP contribution in [0.3, 0.4) is 0 Å². The van der Waals surface area contributed by atoms with E-state index in [0.717, 1.165) is 36.0 Å². The Kier molecular flexibility index (Phi) is 6.18. The van der Waals surface area contributed by atoms with Gasteiger partial charge in [0.15, 0.2) is 16.6 Å². The molecule has 9 heteroatoms. The third-order valence-corrected chi connectivity index (χ3v) is 5.27. The lowest BCUT2D eigenvalue weighted by atomic mass is 10.3. The average molecular weight is 395 g/mol. The molecule has 0 spiro atoms. The zero-order chi connectivity index (χ0) is 18.5. The van der Waals surface area contributed by atoms with E-state index in [1.54, 1.807) is 6.07 Å². The summed E-state index contributed by atoms with van der Waals surface area (Å²) < 4.78 is 14.1. The molecule has 2 N–H and O–H groups in total. The van der Waals surface area contributed by atoms with Gasteiger partial charge in [0.05, 0.1) is 5.02 Å². The lowest BCUT2D eigenvalue weighted by Gasteiger charge is -2.17. The van der Waals surface area contributed by atoms with E-state index in [0.29, 0.717) is 17.2 Å². The first-order chi connectivity index (χ1) is 12.6. The number of hydrogen-bond acceptors (Lipinski definition) is 7.